The van der Waals surface area contributed by atoms with E-state index >= 15 is 0 Å². The van der Waals surface area contributed by atoms with Crippen LogP contribution in [0, 0.1) is 0 Å². The minimum absolute atomic E-state index is 0.157. The van der Waals surface area contributed by atoms with Gasteiger partial charge in [-0.2, -0.15) is 0 Å². The highest BCUT2D eigenvalue weighted by molar-refractivity contribution is 9.10. The number of amides is 1. The van der Waals surface area contributed by atoms with Gasteiger partial charge in [0, 0.05) is 21.3 Å². The van der Waals surface area contributed by atoms with Crippen molar-refractivity contribution in [1.82, 2.24) is 0 Å². The first kappa shape index (κ1) is 13.7. The van der Waals surface area contributed by atoms with Gasteiger partial charge in [0.2, 0.25) is 0 Å². The molecule has 0 spiro atoms. The maximum atomic E-state index is 12.0. The molecule has 0 unspecified atom stereocenters. The van der Waals surface area contributed by atoms with Gasteiger partial charge < -0.3 is 11.1 Å². The van der Waals surface area contributed by atoms with Crippen molar-refractivity contribution in [1.29, 1.82) is 0 Å². The molecule has 0 heterocycles. The van der Waals surface area contributed by atoms with E-state index in [2.05, 4.69) is 21.2 Å². The summed E-state index contributed by atoms with van der Waals surface area (Å²) in [6.45, 7) is 0. The van der Waals surface area contributed by atoms with E-state index in [4.69, 9.17) is 18.0 Å². The van der Waals surface area contributed by atoms with Gasteiger partial charge in [-0.15, -0.1) is 0 Å². The molecule has 2 aromatic rings. The molecule has 96 valence electrons. The molecule has 0 aromatic heterocycles. The Morgan fingerprint density at radius 3 is 2.05 bits per heavy atom. The summed E-state index contributed by atoms with van der Waals surface area (Å²) in [7, 11) is 0. The van der Waals surface area contributed by atoms with E-state index in [-0.39, 0.29) is 5.91 Å². The Kier molecular flexibility index (Phi) is 4.29. The number of hydrogen-bond donors (Lipinski definition) is 2. The van der Waals surface area contributed by atoms with Gasteiger partial charge >= 0.3 is 0 Å². The molecule has 0 atom stereocenters. The van der Waals surface area contributed by atoms with E-state index in [0.29, 0.717) is 16.2 Å². The summed E-state index contributed by atoms with van der Waals surface area (Å²) in [6.07, 6.45) is 0. The highest BCUT2D eigenvalue weighted by atomic mass is 79.9. The fraction of sp³-hybridized carbons (Fsp3) is 0. The molecular weight excluding hydrogens is 324 g/mol. The van der Waals surface area contributed by atoms with Crippen LogP contribution in [0.1, 0.15) is 15.9 Å². The lowest BCUT2D eigenvalue weighted by Crippen LogP contribution is -2.12. The van der Waals surface area contributed by atoms with Crippen LogP contribution in [0.15, 0.2) is 53.0 Å². The van der Waals surface area contributed by atoms with Crippen LogP contribution >= 0.6 is 28.1 Å². The predicted octanol–water partition coefficient (Wildman–Crippen LogP) is 3.34. The Hall–Kier alpha value is -1.72. The number of carbonyl (C=O) groups excluding carboxylic acids is 1. The van der Waals surface area contributed by atoms with Crippen LogP contribution in [0.25, 0.3) is 0 Å². The summed E-state index contributed by atoms with van der Waals surface area (Å²) in [5, 5.41) is 2.81. The highest BCUT2D eigenvalue weighted by Gasteiger charge is 2.05. The predicted molar refractivity (Wildman–Crippen MR) is 84.4 cm³/mol. The Labute approximate surface area is 124 Å². The van der Waals surface area contributed by atoms with Gasteiger partial charge in [-0.3, -0.25) is 4.79 Å². The van der Waals surface area contributed by atoms with Crippen molar-refractivity contribution < 1.29 is 4.79 Å². The van der Waals surface area contributed by atoms with Gasteiger partial charge in [-0.25, -0.2) is 0 Å². The van der Waals surface area contributed by atoms with Crippen LogP contribution in [0.2, 0.25) is 0 Å². The van der Waals surface area contributed by atoms with Crippen LogP contribution in [-0.4, -0.2) is 10.9 Å². The summed E-state index contributed by atoms with van der Waals surface area (Å²) >= 11 is 8.20. The number of carbonyl (C=O) groups is 1. The molecular formula is C14H11BrN2OS. The first-order valence-electron chi connectivity index (χ1n) is 5.53. The standard InChI is InChI=1S/C14H11BrN2OS/c15-11-5-1-10(2-6-11)14(18)17-12-7-3-9(4-8-12)13(16)19/h1-8H,(H2,16,19)(H,17,18). The smallest absolute Gasteiger partial charge is 0.255 e. The maximum Gasteiger partial charge on any atom is 0.255 e. The second-order valence-electron chi connectivity index (χ2n) is 3.90. The van der Waals surface area contributed by atoms with Crippen molar-refractivity contribution in [2.24, 2.45) is 5.73 Å². The second kappa shape index (κ2) is 5.95. The Balaban J connectivity index is 2.10. The molecule has 2 aromatic carbocycles. The van der Waals surface area contributed by atoms with E-state index in [1.54, 1.807) is 36.4 Å². The zero-order valence-electron chi connectivity index (χ0n) is 9.89. The molecule has 3 nitrogen and oxygen atoms in total. The fourth-order valence-corrected chi connectivity index (χ4v) is 1.92. The monoisotopic (exact) mass is 334 g/mol. The lowest BCUT2D eigenvalue weighted by atomic mass is 10.2. The molecule has 1 amide bonds. The number of nitrogens with one attached hydrogen (secondary N) is 1. The fourth-order valence-electron chi connectivity index (χ4n) is 1.52. The SMILES string of the molecule is NC(=S)c1ccc(NC(=O)c2ccc(Br)cc2)cc1. The second-order valence-corrected chi connectivity index (χ2v) is 5.26. The third kappa shape index (κ3) is 3.62. The van der Waals surface area contributed by atoms with E-state index in [9.17, 15) is 4.79 Å². The van der Waals surface area contributed by atoms with E-state index in [0.717, 1.165) is 10.0 Å². The molecule has 5 heteroatoms. The van der Waals surface area contributed by atoms with Gasteiger partial charge in [-0.05, 0) is 48.5 Å². The van der Waals surface area contributed by atoms with Gasteiger partial charge in [0.05, 0.1) is 0 Å². The van der Waals surface area contributed by atoms with Crippen molar-refractivity contribution in [3.05, 3.63) is 64.1 Å². The van der Waals surface area contributed by atoms with E-state index in [1.807, 2.05) is 12.1 Å². The van der Waals surface area contributed by atoms with Crippen LogP contribution in [0.4, 0.5) is 5.69 Å². The molecule has 0 bridgehead atoms. The number of nitrogens with two attached hydrogens (primary N) is 1. The Bertz CT molecular complexity index is 608. The number of halogens is 1. The van der Waals surface area contributed by atoms with Crippen LogP contribution in [0.3, 0.4) is 0 Å². The van der Waals surface area contributed by atoms with Gasteiger partial charge in [0.1, 0.15) is 4.99 Å². The van der Waals surface area contributed by atoms with Gasteiger partial charge in [-0.1, -0.05) is 28.1 Å². The molecule has 3 N–H and O–H groups in total. The topological polar surface area (TPSA) is 55.1 Å². The average molecular weight is 335 g/mol. The number of anilines is 1. The minimum Gasteiger partial charge on any atom is -0.389 e. The molecule has 0 fully saturated rings. The summed E-state index contributed by atoms with van der Waals surface area (Å²) in [5.41, 5.74) is 7.59. The van der Waals surface area contributed by atoms with Crippen molar-refractivity contribution in [2.45, 2.75) is 0 Å². The van der Waals surface area contributed by atoms with Crippen LogP contribution < -0.4 is 11.1 Å². The van der Waals surface area contributed by atoms with Crippen molar-refractivity contribution >= 4 is 44.7 Å². The highest BCUT2D eigenvalue weighted by Crippen LogP contribution is 2.14. The normalized spacial score (nSPS) is 9.95. The number of rotatable bonds is 3. The number of benzene rings is 2. The summed E-state index contributed by atoms with van der Waals surface area (Å²) in [5.74, 6) is -0.157. The molecule has 2 rings (SSSR count). The molecule has 19 heavy (non-hydrogen) atoms. The average Bonchev–Trinajstić information content (AvgIpc) is 2.40. The van der Waals surface area contributed by atoms with Crippen LogP contribution in [-0.2, 0) is 0 Å². The summed E-state index contributed by atoms with van der Waals surface area (Å²) in [6, 6.07) is 14.2. The van der Waals surface area contributed by atoms with Crippen molar-refractivity contribution in [3.63, 3.8) is 0 Å². The number of hydrogen-bond acceptors (Lipinski definition) is 2. The first-order chi connectivity index (χ1) is 9.06. The van der Waals surface area contributed by atoms with E-state index in [1.165, 1.54) is 0 Å². The maximum absolute atomic E-state index is 12.0. The zero-order valence-corrected chi connectivity index (χ0v) is 12.3. The largest absolute Gasteiger partial charge is 0.389 e. The third-order valence-electron chi connectivity index (χ3n) is 2.53. The molecule has 0 aliphatic rings. The van der Waals surface area contributed by atoms with Crippen LogP contribution in [0.5, 0.6) is 0 Å². The quantitative estimate of drug-likeness (QED) is 0.846. The summed E-state index contributed by atoms with van der Waals surface area (Å²) < 4.78 is 0.935. The molecule has 0 aliphatic carbocycles. The lowest BCUT2D eigenvalue weighted by molar-refractivity contribution is 0.102. The molecule has 0 radical (unpaired) electrons. The van der Waals surface area contributed by atoms with Gasteiger partial charge in [0.25, 0.3) is 5.91 Å². The van der Waals surface area contributed by atoms with E-state index < -0.39 is 0 Å². The zero-order chi connectivity index (χ0) is 13.8. The lowest BCUT2D eigenvalue weighted by Gasteiger charge is -2.06. The molecule has 0 saturated heterocycles. The summed E-state index contributed by atoms with van der Waals surface area (Å²) in [4.78, 5) is 12.3. The Morgan fingerprint density at radius 2 is 1.53 bits per heavy atom. The first-order valence-corrected chi connectivity index (χ1v) is 6.73. The molecule has 0 aliphatic heterocycles. The third-order valence-corrected chi connectivity index (χ3v) is 3.30. The minimum atomic E-state index is -0.157. The van der Waals surface area contributed by atoms with Gasteiger partial charge in [0.15, 0.2) is 0 Å². The van der Waals surface area contributed by atoms with Crippen molar-refractivity contribution in [2.75, 3.05) is 5.32 Å². The van der Waals surface area contributed by atoms with Crippen molar-refractivity contribution in [3.8, 4) is 0 Å². The molecule has 0 saturated carbocycles. The Morgan fingerprint density at radius 1 is 1.00 bits per heavy atom. The number of thiocarbonyl (C=S) groups is 1.